The highest BCUT2D eigenvalue weighted by Crippen LogP contribution is 2.31. The van der Waals surface area contributed by atoms with E-state index < -0.39 is 5.97 Å². The lowest BCUT2D eigenvalue weighted by Crippen LogP contribution is -1.98. The number of halogens is 1. The summed E-state index contributed by atoms with van der Waals surface area (Å²) in [6.45, 7) is 2.01. The first-order valence-corrected chi connectivity index (χ1v) is 6.13. The Bertz CT molecular complexity index is 548. The molecular weight excluding hydrogens is 258 g/mol. The van der Waals surface area contributed by atoms with Crippen molar-refractivity contribution in [3.63, 3.8) is 0 Å². The highest BCUT2D eigenvalue weighted by molar-refractivity contribution is 7.17. The fraction of sp³-hybridized carbons (Fsp3) is 0.167. The van der Waals surface area contributed by atoms with Crippen LogP contribution in [0.3, 0.4) is 0 Å². The summed E-state index contributed by atoms with van der Waals surface area (Å²) in [5.74, 6) is -0.453. The molecular formula is C12H10ClNO2S. The molecule has 1 aromatic heterocycles. The number of hydrogen-bond acceptors (Lipinski definition) is 4. The van der Waals surface area contributed by atoms with E-state index >= 15 is 0 Å². The van der Waals surface area contributed by atoms with Crippen LogP contribution >= 0.6 is 22.9 Å². The molecule has 0 amide bonds. The van der Waals surface area contributed by atoms with Gasteiger partial charge in [0, 0.05) is 5.56 Å². The van der Waals surface area contributed by atoms with Crippen LogP contribution in [0.1, 0.15) is 15.2 Å². The van der Waals surface area contributed by atoms with Crippen molar-refractivity contribution in [2.45, 2.75) is 6.92 Å². The van der Waals surface area contributed by atoms with E-state index in [4.69, 9.17) is 11.6 Å². The second kappa shape index (κ2) is 4.85. The van der Waals surface area contributed by atoms with E-state index in [1.54, 1.807) is 0 Å². The molecule has 0 saturated heterocycles. The summed E-state index contributed by atoms with van der Waals surface area (Å²) >= 11 is 7.13. The summed E-state index contributed by atoms with van der Waals surface area (Å²) in [4.78, 5) is 15.9. The third-order valence-corrected chi connectivity index (χ3v) is 3.73. The topological polar surface area (TPSA) is 39.2 Å². The van der Waals surface area contributed by atoms with E-state index in [0.29, 0.717) is 4.88 Å². The van der Waals surface area contributed by atoms with Gasteiger partial charge in [0.15, 0.2) is 10.0 Å². The first-order chi connectivity index (χ1) is 8.11. The van der Waals surface area contributed by atoms with Crippen LogP contribution in [0.4, 0.5) is 0 Å². The number of aryl methyl sites for hydroxylation is 1. The molecule has 0 aliphatic heterocycles. The molecule has 0 unspecified atom stereocenters. The molecule has 3 nitrogen and oxygen atoms in total. The lowest BCUT2D eigenvalue weighted by atomic mass is 10.2. The molecule has 0 N–H and O–H groups in total. The summed E-state index contributed by atoms with van der Waals surface area (Å²) in [5.41, 5.74) is 2.11. The predicted octanol–water partition coefficient (Wildman–Crippen LogP) is 3.56. The van der Waals surface area contributed by atoms with E-state index in [1.807, 2.05) is 31.2 Å². The highest BCUT2D eigenvalue weighted by atomic mass is 35.5. The molecule has 88 valence electrons. The fourth-order valence-electron chi connectivity index (χ4n) is 1.34. The maximum absolute atomic E-state index is 11.4. The summed E-state index contributed by atoms with van der Waals surface area (Å²) in [6.07, 6.45) is 0. The zero-order valence-electron chi connectivity index (χ0n) is 9.36. The molecule has 0 aliphatic carbocycles. The number of benzene rings is 1. The molecule has 0 saturated carbocycles. The number of ether oxygens (including phenoxy) is 1. The van der Waals surface area contributed by atoms with Crippen LogP contribution in [-0.2, 0) is 4.74 Å². The van der Waals surface area contributed by atoms with Crippen LogP contribution in [0.5, 0.6) is 0 Å². The van der Waals surface area contributed by atoms with Gasteiger partial charge in [-0.25, -0.2) is 9.78 Å². The molecule has 0 aliphatic rings. The Hall–Kier alpha value is -1.39. The van der Waals surface area contributed by atoms with Gasteiger partial charge in [-0.1, -0.05) is 41.4 Å². The quantitative estimate of drug-likeness (QED) is 0.781. The van der Waals surface area contributed by atoms with Crippen molar-refractivity contribution in [2.24, 2.45) is 0 Å². The molecule has 17 heavy (non-hydrogen) atoms. The molecule has 2 rings (SSSR count). The predicted molar refractivity (Wildman–Crippen MR) is 68.6 cm³/mol. The number of nitrogens with zero attached hydrogens (tertiary/aromatic N) is 1. The molecule has 0 fully saturated rings. The number of carbonyl (C=O) groups is 1. The number of hydrogen-bond donors (Lipinski definition) is 0. The maximum atomic E-state index is 11.4. The Morgan fingerprint density at radius 3 is 2.59 bits per heavy atom. The molecule has 1 heterocycles. The Kier molecular flexibility index (Phi) is 3.45. The smallest absolute Gasteiger partial charge is 0.351 e. The van der Waals surface area contributed by atoms with Gasteiger partial charge in [-0.05, 0) is 6.92 Å². The van der Waals surface area contributed by atoms with E-state index in [1.165, 1.54) is 24.0 Å². The SMILES string of the molecule is COC(=O)c1sc(-c2ccc(C)cc2)nc1Cl. The lowest BCUT2D eigenvalue weighted by molar-refractivity contribution is 0.0606. The number of thiazole rings is 1. The van der Waals surface area contributed by atoms with Crippen molar-refractivity contribution in [1.29, 1.82) is 0 Å². The van der Waals surface area contributed by atoms with Crippen LogP contribution in [0.25, 0.3) is 10.6 Å². The molecule has 0 atom stereocenters. The fourth-order valence-corrected chi connectivity index (χ4v) is 2.55. The zero-order valence-corrected chi connectivity index (χ0v) is 10.9. The standard InChI is InChI=1S/C12H10ClNO2S/c1-7-3-5-8(6-4-7)11-14-10(13)9(17-11)12(15)16-2/h3-6H,1-2H3. The number of aromatic nitrogens is 1. The zero-order chi connectivity index (χ0) is 12.4. The van der Waals surface area contributed by atoms with E-state index in [-0.39, 0.29) is 5.15 Å². The number of rotatable bonds is 2. The first kappa shape index (κ1) is 12.1. The van der Waals surface area contributed by atoms with Crippen molar-refractivity contribution < 1.29 is 9.53 Å². The second-order valence-corrected chi connectivity index (χ2v) is 4.85. The minimum absolute atomic E-state index is 0.192. The third kappa shape index (κ3) is 2.48. The Morgan fingerprint density at radius 1 is 1.35 bits per heavy atom. The molecule has 0 radical (unpaired) electrons. The van der Waals surface area contributed by atoms with Gasteiger partial charge in [-0.3, -0.25) is 0 Å². The molecule has 1 aromatic carbocycles. The van der Waals surface area contributed by atoms with Gasteiger partial charge in [0.2, 0.25) is 0 Å². The Morgan fingerprint density at radius 2 is 2.00 bits per heavy atom. The average molecular weight is 268 g/mol. The number of carbonyl (C=O) groups excluding carboxylic acids is 1. The monoisotopic (exact) mass is 267 g/mol. The van der Waals surface area contributed by atoms with Crippen molar-refractivity contribution >= 4 is 28.9 Å². The molecule has 2 aromatic rings. The minimum atomic E-state index is -0.453. The van der Waals surface area contributed by atoms with Gasteiger partial charge in [-0.15, -0.1) is 11.3 Å². The van der Waals surface area contributed by atoms with E-state index in [0.717, 1.165) is 10.6 Å². The summed E-state index contributed by atoms with van der Waals surface area (Å²) in [5, 5.41) is 0.910. The van der Waals surface area contributed by atoms with Gasteiger partial charge in [0.1, 0.15) is 5.01 Å². The van der Waals surface area contributed by atoms with Crippen LogP contribution in [-0.4, -0.2) is 18.1 Å². The minimum Gasteiger partial charge on any atom is -0.465 e. The van der Waals surface area contributed by atoms with E-state index in [2.05, 4.69) is 9.72 Å². The van der Waals surface area contributed by atoms with Crippen molar-refractivity contribution in [3.8, 4) is 10.6 Å². The first-order valence-electron chi connectivity index (χ1n) is 4.93. The van der Waals surface area contributed by atoms with Crippen LogP contribution < -0.4 is 0 Å². The van der Waals surface area contributed by atoms with Crippen molar-refractivity contribution in [3.05, 3.63) is 39.9 Å². The highest BCUT2D eigenvalue weighted by Gasteiger charge is 2.17. The molecule has 0 spiro atoms. The third-order valence-electron chi connectivity index (χ3n) is 2.26. The Labute approximate surface area is 108 Å². The number of methoxy groups -OCH3 is 1. The molecule has 0 bridgehead atoms. The largest absolute Gasteiger partial charge is 0.465 e. The summed E-state index contributed by atoms with van der Waals surface area (Å²) in [7, 11) is 1.32. The lowest BCUT2D eigenvalue weighted by Gasteiger charge is -1.96. The van der Waals surface area contributed by atoms with E-state index in [9.17, 15) is 4.79 Å². The van der Waals surface area contributed by atoms with Crippen LogP contribution in [0.15, 0.2) is 24.3 Å². The Balaban J connectivity index is 2.41. The van der Waals surface area contributed by atoms with Gasteiger partial charge in [-0.2, -0.15) is 0 Å². The van der Waals surface area contributed by atoms with Crippen molar-refractivity contribution in [2.75, 3.05) is 7.11 Å². The van der Waals surface area contributed by atoms with Gasteiger partial charge < -0.3 is 4.74 Å². The van der Waals surface area contributed by atoms with Gasteiger partial charge in [0.25, 0.3) is 0 Å². The summed E-state index contributed by atoms with van der Waals surface area (Å²) in [6, 6.07) is 7.88. The second-order valence-electron chi connectivity index (χ2n) is 3.50. The maximum Gasteiger partial charge on any atom is 0.351 e. The summed E-state index contributed by atoms with van der Waals surface area (Å²) < 4.78 is 4.63. The van der Waals surface area contributed by atoms with Crippen LogP contribution in [0, 0.1) is 6.92 Å². The van der Waals surface area contributed by atoms with Crippen LogP contribution in [0.2, 0.25) is 5.15 Å². The van der Waals surface area contributed by atoms with Gasteiger partial charge in [0.05, 0.1) is 7.11 Å². The average Bonchev–Trinajstić information content (AvgIpc) is 2.71. The number of esters is 1. The van der Waals surface area contributed by atoms with Crippen molar-refractivity contribution in [1.82, 2.24) is 4.98 Å². The normalized spacial score (nSPS) is 10.3. The molecule has 5 heteroatoms. The van der Waals surface area contributed by atoms with Gasteiger partial charge >= 0.3 is 5.97 Å².